The predicted octanol–water partition coefficient (Wildman–Crippen LogP) is -1.17. The summed E-state index contributed by atoms with van der Waals surface area (Å²) in [6, 6.07) is 0. The third kappa shape index (κ3) is 2.23. The third-order valence-corrected chi connectivity index (χ3v) is 0.978. The van der Waals surface area contributed by atoms with E-state index in [1.165, 1.54) is 0 Å². The van der Waals surface area contributed by atoms with Crippen LogP contribution in [-0.4, -0.2) is 8.85 Å². The van der Waals surface area contributed by atoms with Gasteiger partial charge in [-0.15, -0.1) is 0 Å². The topological polar surface area (TPSA) is 23.8 Å². The Morgan fingerprint density at radius 3 is 2.25 bits per heavy atom. The Morgan fingerprint density at radius 1 is 2.00 bits per heavy atom. The Hall–Kier alpha value is 0.226. The van der Waals surface area contributed by atoms with Crippen LogP contribution in [0.25, 0.3) is 0 Å². The fourth-order valence-corrected chi connectivity index (χ4v) is 0. The second-order valence-electron chi connectivity index (χ2n) is 0.256. The summed E-state index contributed by atoms with van der Waals surface area (Å²) in [5.41, 5.74) is 0. The van der Waals surface area contributed by atoms with Crippen molar-refractivity contribution in [3.8, 4) is 4.97 Å². The van der Waals surface area contributed by atoms with E-state index in [1.54, 1.807) is 0 Å². The average Bonchev–Trinajstić information content (AvgIpc) is 1.37. The Labute approximate surface area is 34.0 Å². The molecule has 0 aromatic rings. The van der Waals surface area contributed by atoms with E-state index in [2.05, 4.69) is 0 Å². The summed E-state index contributed by atoms with van der Waals surface area (Å²) in [6.07, 6.45) is 0. The molecule has 0 amide bonds. The molecule has 0 aliphatic carbocycles. The van der Waals surface area contributed by atoms with Crippen molar-refractivity contribution in [1.29, 1.82) is 5.26 Å². The number of nitrogens with zero attached hydrogens (tertiary/aromatic N) is 1. The van der Waals surface area contributed by atoms with E-state index >= 15 is 0 Å². The number of rotatable bonds is 0. The summed E-state index contributed by atoms with van der Waals surface area (Å²) in [5.74, 6) is 0. The van der Waals surface area contributed by atoms with E-state index in [9.17, 15) is 0 Å². The Morgan fingerprint density at radius 2 is 2.25 bits per heavy atom. The van der Waals surface area contributed by atoms with Crippen molar-refractivity contribution >= 4 is 8.85 Å². The molecule has 0 saturated heterocycles. The maximum absolute atomic E-state index is 7.66. The summed E-state index contributed by atoms with van der Waals surface area (Å²) >= 11 is 0.764. The predicted molar refractivity (Wildman–Crippen MR) is 15.6 cm³/mol. The molecule has 0 aromatic heterocycles. The van der Waals surface area contributed by atoms with Gasteiger partial charge in [0.05, 0.1) is 0 Å². The molecule has 24 valence electrons. The molecular formula is CH3FeNSi. The minimum atomic E-state index is 0.764. The van der Waals surface area contributed by atoms with Gasteiger partial charge in [0.15, 0.2) is 0 Å². The first-order chi connectivity index (χ1) is 1.91. The molecule has 0 radical (unpaired) electrons. The van der Waals surface area contributed by atoms with E-state index in [4.69, 9.17) is 5.26 Å². The number of nitriles is 1. The fourth-order valence-electron chi connectivity index (χ4n) is 0. The van der Waals surface area contributed by atoms with Crippen LogP contribution in [0.5, 0.6) is 0 Å². The van der Waals surface area contributed by atoms with Crippen LogP contribution >= 0.6 is 0 Å². The SMILES string of the molecule is N#[C][Fe][SiH3]. The Kier molecular flexibility index (Phi) is 3.41. The molecule has 4 heavy (non-hydrogen) atoms. The second kappa shape index (κ2) is 3.23. The normalized spacial score (nSPS) is 6.75. The van der Waals surface area contributed by atoms with Crippen molar-refractivity contribution in [2.24, 2.45) is 0 Å². The van der Waals surface area contributed by atoms with Crippen LogP contribution in [0.4, 0.5) is 0 Å². The summed E-state index contributed by atoms with van der Waals surface area (Å²) in [6.45, 7) is 0. The van der Waals surface area contributed by atoms with E-state index in [1.807, 2.05) is 4.97 Å². The van der Waals surface area contributed by atoms with E-state index < -0.39 is 0 Å². The quantitative estimate of drug-likeness (QED) is 0.363. The molecule has 0 fully saturated rings. The van der Waals surface area contributed by atoms with Crippen LogP contribution in [0.15, 0.2) is 0 Å². The summed E-state index contributed by atoms with van der Waals surface area (Å²) in [4.78, 5) is 1.99. The van der Waals surface area contributed by atoms with Gasteiger partial charge in [0.2, 0.25) is 0 Å². The zero-order chi connectivity index (χ0) is 3.41. The summed E-state index contributed by atoms with van der Waals surface area (Å²) in [5, 5.41) is 7.66. The molecular weight excluding hydrogens is 110 g/mol. The third-order valence-electron chi connectivity index (χ3n) is 0.0791. The van der Waals surface area contributed by atoms with Gasteiger partial charge in [-0.25, -0.2) is 0 Å². The van der Waals surface area contributed by atoms with Gasteiger partial charge in [0, 0.05) is 0 Å². The van der Waals surface area contributed by atoms with Crippen molar-refractivity contribution in [3.63, 3.8) is 0 Å². The number of hydrogen-bond donors (Lipinski definition) is 0. The van der Waals surface area contributed by atoms with Gasteiger partial charge >= 0.3 is 33.4 Å². The van der Waals surface area contributed by atoms with Crippen LogP contribution in [0, 0.1) is 10.2 Å². The molecule has 0 atom stereocenters. The van der Waals surface area contributed by atoms with Crippen LogP contribution in [-0.2, 0) is 14.3 Å². The van der Waals surface area contributed by atoms with Crippen LogP contribution in [0.1, 0.15) is 0 Å². The Balaban J connectivity index is 2.43. The molecule has 1 nitrogen and oxygen atoms in total. The molecule has 0 spiro atoms. The maximum atomic E-state index is 7.66. The van der Waals surface area contributed by atoms with E-state index in [-0.39, 0.29) is 0 Å². The van der Waals surface area contributed by atoms with Crippen molar-refractivity contribution in [3.05, 3.63) is 0 Å². The first kappa shape index (κ1) is 4.23. The van der Waals surface area contributed by atoms with Gasteiger partial charge in [0.1, 0.15) is 0 Å². The molecule has 0 rings (SSSR count). The van der Waals surface area contributed by atoms with Gasteiger partial charge in [-0.2, -0.15) is 0 Å². The number of hydrogen-bond acceptors (Lipinski definition) is 1. The summed E-state index contributed by atoms with van der Waals surface area (Å²) < 4.78 is 0. The molecule has 0 heterocycles. The van der Waals surface area contributed by atoms with Crippen molar-refractivity contribution in [2.75, 3.05) is 0 Å². The van der Waals surface area contributed by atoms with Crippen LogP contribution < -0.4 is 0 Å². The van der Waals surface area contributed by atoms with Gasteiger partial charge in [0.25, 0.3) is 0 Å². The van der Waals surface area contributed by atoms with Crippen LogP contribution in [0.2, 0.25) is 0 Å². The zero-order valence-corrected chi connectivity index (χ0v) is 5.40. The van der Waals surface area contributed by atoms with Gasteiger partial charge in [-0.05, 0) is 0 Å². The van der Waals surface area contributed by atoms with Crippen molar-refractivity contribution < 1.29 is 14.3 Å². The molecule has 3 heteroatoms. The Bertz CT molecular complexity index is 37.8. The summed E-state index contributed by atoms with van der Waals surface area (Å²) in [7, 11) is 1.03. The van der Waals surface area contributed by atoms with E-state index in [0.29, 0.717) is 0 Å². The van der Waals surface area contributed by atoms with Crippen molar-refractivity contribution in [2.45, 2.75) is 0 Å². The zero-order valence-electron chi connectivity index (χ0n) is 2.30. The first-order valence-corrected chi connectivity index (χ1v) is 5.33. The van der Waals surface area contributed by atoms with Gasteiger partial charge in [-0.3, -0.25) is 0 Å². The molecule has 0 aliphatic rings. The monoisotopic (exact) mass is 113 g/mol. The molecule has 0 aromatic carbocycles. The second-order valence-corrected chi connectivity index (χ2v) is 2.51. The van der Waals surface area contributed by atoms with Gasteiger partial charge in [-0.1, -0.05) is 0 Å². The molecule has 0 unspecified atom stereocenters. The average molecular weight is 113 g/mol. The molecule has 0 saturated carbocycles. The van der Waals surface area contributed by atoms with E-state index in [0.717, 1.165) is 23.2 Å². The first-order valence-electron chi connectivity index (χ1n) is 0.754. The van der Waals surface area contributed by atoms with Gasteiger partial charge < -0.3 is 0 Å². The standard InChI is InChI=1S/CN.Fe.H3Si/c1-2;;/h;;1H3. The van der Waals surface area contributed by atoms with Crippen molar-refractivity contribution in [1.82, 2.24) is 0 Å². The fraction of sp³-hybridized carbons (Fsp3) is 0. The van der Waals surface area contributed by atoms with Crippen LogP contribution in [0.3, 0.4) is 0 Å². The molecule has 0 bridgehead atoms. The minimum absolute atomic E-state index is 0.764. The molecule has 0 aliphatic heterocycles. The molecule has 0 N–H and O–H groups in total.